The van der Waals surface area contributed by atoms with Gasteiger partial charge in [-0.1, -0.05) is 26.2 Å². The summed E-state index contributed by atoms with van der Waals surface area (Å²) < 4.78 is 0. The molecule has 1 unspecified atom stereocenters. The third-order valence-electron chi connectivity index (χ3n) is 5.85. The average molecular weight is 339 g/mol. The number of carbonyl (C=O) groups excluding carboxylic acids is 1. The number of aryl methyl sites for hydroxylation is 1. The van der Waals surface area contributed by atoms with Gasteiger partial charge >= 0.3 is 0 Å². The fourth-order valence-corrected chi connectivity index (χ4v) is 4.51. The van der Waals surface area contributed by atoms with Crippen molar-refractivity contribution in [2.24, 2.45) is 0 Å². The molecule has 1 saturated carbocycles. The number of anilines is 1. The van der Waals surface area contributed by atoms with Gasteiger partial charge in [0.1, 0.15) is 0 Å². The van der Waals surface area contributed by atoms with E-state index >= 15 is 0 Å². The second-order valence-corrected chi connectivity index (χ2v) is 7.63. The number of hydrogen-bond donors (Lipinski definition) is 3. The number of nitrogens with one attached hydrogen (secondary N) is 3. The van der Waals surface area contributed by atoms with Crippen LogP contribution in [0, 0.1) is 0 Å². The molecular weight excluding hydrogens is 310 g/mol. The van der Waals surface area contributed by atoms with Crippen molar-refractivity contribution in [1.29, 1.82) is 0 Å². The van der Waals surface area contributed by atoms with Crippen LogP contribution in [0.25, 0.3) is 10.9 Å². The van der Waals surface area contributed by atoms with Crippen molar-refractivity contribution >= 4 is 22.5 Å². The minimum absolute atomic E-state index is 0.0700. The lowest BCUT2D eigenvalue weighted by molar-refractivity contribution is -0.115. The fourth-order valence-electron chi connectivity index (χ4n) is 4.51. The Bertz CT molecular complexity index is 758. The first-order valence-corrected chi connectivity index (χ1v) is 9.95. The Hall–Kier alpha value is -1.81. The van der Waals surface area contributed by atoms with Crippen LogP contribution in [0.4, 0.5) is 5.69 Å². The van der Waals surface area contributed by atoms with Gasteiger partial charge in [0.15, 0.2) is 0 Å². The zero-order valence-electron chi connectivity index (χ0n) is 15.2. The molecule has 2 aliphatic carbocycles. The quantitative estimate of drug-likeness (QED) is 0.748. The summed E-state index contributed by atoms with van der Waals surface area (Å²) in [6.07, 6.45) is 10.9. The topological polar surface area (TPSA) is 56.9 Å². The highest BCUT2D eigenvalue weighted by molar-refractivity contribution is 5.95. The maximum Gasteiger partial charge on any atom is 0.224 e. The lowest BCUT2D eigenvalue weighted by Crippen LogP contribution is -2.36. The Balaban J connectivity index is 1.61. The van der Waals surface area contributed by atoms with Gasteiger partial charge in [0.2, 0.25) is 5.91 Å². The van der Waals surface area contributed by atoms with E-state index in [4.69, 9.17) is 0 Å². The number of aromatic amines is 1. The molecule has 0 radical (unpaired) electrons. The number of hydrogen-bond acceptors (Lipinski definition) is 2. The van der Waals surface area contributed by atoms with Crippen LogP contribution in [0.2, 0.25) is 0 Å². The number of rotatable bonds is 4. The third kappa shape index (κ3) is 3.45. The van der Waals surface area contributed by atoms with Gasteiger partial charge in [0, 0.05) is 40.8 Å². The van der Waals surface area contributed by atoms with Crippen molar-refractivity contribution in [3.63, 3.8) is 0 Å². The van der Waals surface area contributed by atoms with Crippen LogP contribution in [0.15, 0.2) is 18.2 Å². The molecule has 0 aliphatic heterocycles. The SMILES string of the molecule is CCC(=O)Nc1ccc2[nH]c3c(c2c1)CCCC3NC1CCCCC1. The monoisotopic (exact) mass is 339 g/mol. The molecule has 4 nitrogen and oxygen atoms in total. The van der Waals surface area contributed by atoms with Gasteiger partial charge in [0.05, 0.1) is 0 Å². The summed E-state index contributed by atoms with van der Waals surface area (Å²) >= 11 is 0. The van der Waals surface area contributed by atoms with E-state index in [1.807, 2.05) is 13.0 Å². The first kappa shape index (κ1) is 16.6. The minimum Gasteiger partial charge on any atom is -0.357 e. The molecule has 3 N–H and O–H groups in total. The van der Waals surface area contributed by atoms with Crippen LogP contribution in [0.1, 0.15) is 75.6 Å². The van der Waals surface area contributed by atoms with Crippen molar-refractivity contribution in [1.82, 2.24) is 10.3 Å². The van der Waals surface area contributed by atoms with Gasteiger partial charge < -0.3 is 15.6 Å². The molecule has 2 aromatic rings. The van der Waals surface area contributed by atoms with Gasteiger partial charge in [-0.25, -0.2) is 0 Å². The van der Waals surface area contributed by atoms with Gasteiger partial charge in [-0.3, -0.25) is 4.79 Å². The Labute approximate surface area is 149 Å². The molecule has 25 heavy (non-hydrogen) atoms. The molecule has 134 valence electrons. The molecular formula is C21H29N3O. The standard InChI is InChI=1S/C21H29N3O/c1-2-20(25)23-15-11-12-18-17(13-15)16-9-6-10-19(21(16)24-18)22-14-7-4-3-5-8-14/h11-14,19,22,24H,2-10H2,1H3,(H,23,25). The first-order valence-electron chi connectivity index (χ1n) is 9.95. The van der Waals surface area contributed by atoms with E-state index in [2.05, 4.69) is 27.8 Å². The normalized spacial score (nSPS) is 21.2. The van der Waals surface area contributed by atoms with E-state index in [0.29, 0.717) is 18.5 Å². The molecule has 1 atom stereocenters. The molecule has 4 rings (SSSR count). The average Bonchev–Trinajstić information content (AvgIpc) is 3.02. The lowest BCUT2D eigenvalue weighted by Gasteiger charge is -2.31. The molecule has 1 aromatic heterocycles. The fraction of sp³-hybridized carbons (Fsp3) is 0.571. The molecule has 1 heterocycles. The van der Waals surface area contributed by atoms with E-state index in [1.54, 1.807) is 0 Å². The van der Waals surface area contributed by atoms with Crippen molar-refractivity contribution in [2.45, 2.75) is 76.8 Å². The van der Waals surface area contributed by atoms with Crippen molar-refractivity contribution in [2.75, 3.05) is 5.32 Å². The summed E-state index contributed by atoms with van der Waals surface area (Å²) in [5, 5.41) is 8.20. The second kappa shape index (κ2) is 7.20. The predicted octanol–water partition coefficient (Wildman–Crippen LogP) is 4.82. The molecule has 0 saturated heterocycles. The smallest absolute Gasteiger partial charge is 0.224 e. The lowest BCUT2D eigenvalue weighted by atomic mass is 9.89. The summed E-state index contributed by atoms with van der Waals surface area (Å²) in [4.78, 5) is 15.4. The van der Waals surface area contributed by atoms with Gasteiger partial charge in [-0.05, 0) is 55.9 Å². The minimum atomic E-state index is 0.0700. The zero-order valence-corrected chi connectivity index (χ0v) is 15.2. The maximum atomic E-state index is 11.7. The second-order valence-electron chi connectivity index (χ2n) is 7.63. The largest absolute Gasteiger partial charge is 0.357 e. The number of fused-ring (bicyclic) bond motifs is 3. The number of H-pyrrole nitrogens is 1. The highest BCUT2D eigenvalue weighted by atomic mass is 16.1. The van der Waals surface area contributed by atoms with Gasteiger partial charge in [-0.15, -0.1) is 0 Å². The number of amides is 1. The number of carbonyl (C=O) groups is 1. The van der Waals surface area contributed by atoms with Crippen LogP contribution in [0.3, 0.4) is 0 Å². The summed E-state index contributed by atoms with van der Waals surface area (Å²) in [5.74, 6) is 0.0700. The Morgan fingerprint density at radius 1 is 1.16 bits per heavy atom. The molecule has 2 aliphatic rings. The van der Waals surface area contributed by atoms with Crippen LogP contribution < -0.4 is 10.6 Å². The summed E-state index contributed by atoms with van der Waals surface area (Å²) in [7, 11) is 0. The number of benzene rings is 1. The molecule has 4 heteroatoms. The summed E-state index contributed by atoms with van der Waals surface area (Å²) in [6.45, 7) is 1.88. The van der Waals surface area contributed by atoms with E-state index in [1.165, 1.54) is 67.1 Å². The molecule has 1 aromatic carbocycles. The Kier molecular flexibility index (Phi) is 4.80. The van der Waals surface area contributed by atoms with Crippen LogP contribution >= 0.6 is 0 Å². The molecule has 1 amide bonds. The van der Waals surface area contributed by atoms with E-state index in [-0.39, 0.29) is 5.91 Å². The van der Waals surface area contributed by atoms with Crippen molar-refractivity contribution in [3.8, 4) is 0 Å². The zero-order chi connectivity index (χ0) is 17.2. The Morgan fingerprint density at radius 3 is 2.80 bits per heavy atom. The third-order valence-corrected chi connectivity index (χ3v) is 5.85. The van der Waals surface area contributed by atoms with E-state index < -0.39 is 0 Å². The molecule has 0 bridgehead atoms. The van der Waals surface area contributed by atoms with Crippen molar-refractivity contribution in [3.05, 3.63) is 29.5 Å². The highest BCUT2D eigenvalue weighted by Gasteiger charge is 2.26. The van der Waals surface area contributed by atoms with E-state index in [0.717, 1.165) is 12.1 Å². The summed E-state index contributed by atoms with van der Waals surface area (Å²) in [5.41, 5.74) is 4.92. The maximum absolute atomic E-state index is 11.7. The molecule has 1 fully saturated rings. The Morgan fingerprint density at radius 2 is 2.00 bits per heavy atom. The highest BCUT2D eigenvalue weighted by Crippen LogP contribution is 2.36. The van der Waals surface area contributed by atoms with E-state index in [9.17, 15) is 4.79 Å². The van der Waals surface area contributed by atoms with Crippen LogP contribution in [-0.4, -0.2) is 16.9 Å². The van der Waals surface area contributed by atoms with Gasteiger partial charge in [0.25, 0.3) is 0 Å². The van der Waals surface area contributed by atoms with Gasteiger partial charge in [-0.2, -0.15) is 0 Å². The van der Waals surface area contributed by atoms with Crippen molar-refractivity contribution < 1.29 is 4.79 Å². The predicted molar refractivity (Wildman–Crippen MR) is 103 cm³/mol. The molecule has 0 spiro atoms. The number of aromatic nitrogens is 1. The first-order chi connectivity index (χ1) is 12.2. The summed E-state index contributed by atoms with van der Waals surface area (Å²) in [6, 6.07) is 7.38. The van der Waals surface area contributed by atoms with Crippen LogP contribution in [0.5, 0.6) is 0 Å². The van der Waals surface area contributed by atoms with Crippen LogP contribution in [-0.2, 0) is 11.2 Å².